The van der Waals surface area contributed by atoms with E-state index in [2.05, 4.69) is 10.2 Å². The van der Waals surface area contributed by atoms with Crippen LogP contribution in [0.15, 0.2) is 48.5 Å². The maximum absolute atomic E-state index is 12.7. The number of carbonyl (C=O) groups excluding carboxylic acids is 3. The molecule has 1 heterocycles. The summed E-state index contributed by atoms with van der Waals surface area (Å²) in [6.45, 7) is 8.96. The predicted molar refractivity (Wildman–Crippen MR) is 143 cm³/mol. The molecule has 3 amide bonds. The standard InChI is InChI=1S/C28H38N4O4/c1-5-36-27(34)20-23-14-16-31(17-15-23)18-19-32(22(3)33)25-12-10-24(11-13-25)30(4)28(35)29-26-9-7-6-8-21(26)2/h6-13,23H,5,14-20H2,1-4H3,(H,29,35). The van der Waals surface area contributed by atoms with Crippen LogP contribution in [0.5, 0.6) is 0 Å². The van der Waals surface area contributed by atoms with Crippen molar-refractivity contribution in [2.75, 3.05) is 55.0 Å². The van der Waals surface area contributed by atoms with Gasteiger partial charge in [0.15, 0.2) is 0 Å². The van der Waals surface area contributed by atoms with Crippen LogP contribution in [0.1, 0.15) is 38.7 Å². The number of urea groups is 1. The molecule has 1 aliphatic heterocycles. The molecule has 0 radical (unpaired) electrons. The van der Waals surface area contributed by atoms with Crippen molar-refractivity contribution in [2.24, 2.45) is 5.92 Å². The van der Waals surface area contributed by atoms with Crippen molar-refractivity contribution in [2.45, 2.75) is 40.0 Å². The number of likely N-dealkylation sites (tertiary alicyclic amines) is 1. The molecule has 0 aliphatic carbocycles. The minimum absolute atomic E-state index is 0.0226. The average Bonchev–Trinajstić information content (AvgIpc) is 2.86. The Bertz CT molecular complexity index is 1030. The molecule has 0 saturated carbocycles. The molecule has 0 atom stereocenters. The van der Waals surface area contributed by atoms with Gasteiger partial charge in [-0.25, -0.2) is 4.79 Å². The summed E-state index contributed by atoms with van der Waals surface area (Å²) in [5.74, 6) is 0.239. The maximum Gasteiger partial charge on any atom is 0.326 e. The molecule has 8 heteroatoms. The number of benzene rings is 2. The topological polar surface area (TPSA) is 82.2 Å². The number of piperidine rings is 1. The number of anilines is 3. The quantitative estimate of drug-likeness (QED) is 0.512. The highest BCUT2D eigenvalue weighted by atomic mass is 16.5. The second-order valence-electron chi connectivity index (χ2n) is 9.29. The van der Waals surface area contributed by atoms with E-state index in [0.717, 1.165) is 55.1 Å². The summed E-state index contributed by atoms with van der Waals surface area (Å²) in [6.07, 6.45) is 2.42. The van der Waals surface area contributed by atoms with Gasteiger partial charge in [0.2, 0.25) is 5.91 Å². The van der Waals surface area contributed by atoms with E-state index < -0.39 is 0 Å². The monoisotopic (exact) mass is 494 g/mol. The fourth-order valence-electron chi connectivity index (χ4n) is 4.47. The van der Waals surface area contributed by atoms with Crippen molar-refractivity contribution in [3.05, 3.63) is 54.1 Å². The van der Waals surface area contributed by atoms with E-state index in [1.807, 2.05) is 62.4 Å². The minimum Gasteiger partial charge on any atom is -0.466 e. The maximum atomic E-state index is 12.7. The SMILES string of the molecule is CCOC(=O)CC1CCN(CCN(C(C)=O)c2ccc(N(C)C(=O)Nc3ccccc3C)cc2)CC1. The number of para-hydroxylation sites is 1. The van der Waals surface area contributed by atoms with Gasteiger partial charge in [-0.2, -0.15) is 0 Å². The van der Waals surface area contributed by atoms with E-state index in [4.69, 9.17) is 4.74 Å². The Labute approximate surface area is 214 Å². The van der Waals surface area contributed by atoms with E-state index in [-0.39, 0.29) is 17.9 Å². The van der Waals surface area contributed by atoms with Gasteiger partial charge in [0.1, 0.15) is 0 Å². The molecular weight excluding hydrogens is 456 g/mol. The smallest absolute Gasteiger partial charge is 0.326 e. The molecule has 1 N–H and O–H groups in total. The van der Waals surface area contributed by atoms with E-state index in [0.29, 0.717) is 25.5 Å². The van der Waals surface area contributed by atoms with Gasteiger partial charge in [-0.05, 0) is 81.6 Å². The first kappa shape index (κ1) is 27.2. The molecule has 3 rings (SSSR count). The summed E-state index contributed by atoms with van der Waals surface area (Å²) in [5.41, 5.74) is 3.31. The van der Waals surface area contributed by atoms with Crippen LogP contribution in [-0.2, 0) is 14.3 Å². The zero-order valence-electron chi connectivity index (χ0n) is 21.8. The minimum atomic E-state index is -0.230. The lowest BCUT2D eigenvalue weighted by atomic mass is 9.93. The zero-order valence-corrected chi connectivity index (χ0v) is 21.8. The zero-order chi connectivity index (χ0) is 26.1. The van der Waals surface area contributed by atoms with Crippen molar-refractivity contribution < 1.29 is 19.1 Å². The molecule has 0 unspecified atom stereocenters. The van der Waals surface area contributed by atoms with Crippen LogP contribution in [0.25, 0.3) is 0 Å². The van der Waals surface area contributed by atoms with E-state index in [1.165, 1.54) is 0 Å². The van der Waals surface area contributed by atoms with Gasteiger partial charge in [-0.15, -0.1) is 0 Å². The van der Waals surface area contributed by atoms with Crippen LogP contribution in [0, 0.1) is 12.8 Å². The average molecular weight is 495 g/mol. The summed E-state index contributed by atoms with van der Waals surface area (Å²) in [5, 5.41) is 2.93. The normalized spacial score (nSPS) is 14.2. The molecule has 2 aromatic rings. The first-order chi connectivity index (χ1) is 17.3. The molecule has 0 spiro atoms. The number of ether oxygens (including phenoxy) is 1. The first-order valence-electron chi connectivity index (χ1n) is 12.6. The number of amides is 3. The fraction of sp³-hybridized carbons (Fsp3) is 0.464. The van der Waals surface area contributed by atoms with Gasteiger partial charge in [-0.3, -0.25) is 14.5 Å². The molecule has 0 aromatic heterocycles. The van der Waals surface area contributed by atoms with Gasteiger partial charge in [0.25, 0.3) is 0 Å². The van der Waals surface area contributed by atoms with Crippen molar-refractivity contribution in [1.82, 2.24) is 4.90 Å². The number of nitrogens with one attached hydrogen (secondary N) is 1. The summed E-state index contributed by atoms with van der Waals surface area (Å²) in [7, 11) is 1.72. The van der Waals surface area contributed by atoms with Gasteiger partial charge >= 0.3 is 12.0 Å². The Morgan fingerprint density at radius 1 is 1.03 bits per heavy atom. The summed E-state index contributed by atoms with van der Waals surface area (Å²) >= 11 is 0. The number of hydrogen-bond acceptors (Lipinski definition) is 5. The third-order valence-corrected chi connectivity index (χ3v) is 6.73. The summed E-state index contributed by atoms with van der Waals surface area (Å²) in [4.78, 5) is 42.5. The number of carbonyl (C=O) groups is 3. The molecule has 1 fully saturated rings. The Hall–Kier alpha value is -3.39. The van der Waals surface area contributed by atoms with E-state index in [9.17, 15) is 14.4 Å². The third-order valence-electron chi connectivity index (χ3n) is 6.73. The van der Waals surface area contributed by atoms with Crippen molar-refractivity contribution in [3.63, 3.8) is 0 Å². The molecule has 8 nitrogen and oxygen atoms in total. The van der Waals surface area contributed by atoms with Gasteiger partial charge in [0.05, 0.1) is 6.61 Å². The van der Waals surface area contributed by atoms with E-state index in [1.54, 1.807) is 23.8 Å². The molecule has 194 valence electrons. The lowest BCUT2D eigenvalue weighted by Gasteiger charge is -2.33. The lowest BCUT2D eigenvalue weighted by molar-refractivity contribution is -0.144. The molecular formula is C28H38N4O4. The number of hydrogen-bond donors (Lipinski definition) is 1. The Kier molecular flexibility index (Phi) is 9.87. The summed E-state index contributed by atoms with van der Waals surface area (Å²) in [6, 6.07) is 14.9. The molecule has 0 bridgehead atoms. The second-order valence-corrected chi connectivity index (χ2v) is 9.29. The van der Waals surface area contributed by atoms with Crippen molar-refractivity contribution in [1.29, 1.82) is 0 Å². The third kappa shape index (κ3) is 7.55. The number of nitrogens with zero attached hydrogens (tertiary/aromatic N) is 3. The van der Waals surface area contributed by atoms with Gasteiger partial charge in [-0.1, -0.05) is 18.2 Å². The number of esters is 1. The highest BCUT2D eigenvalue weighted by molar-refractivity contribution is 6.02. The predicted octanol–water partition coefficient (Wildman–Crippen LogP) is 4.68. The van der Waals surface area contributed by atoms with E-state index >= 15 is 0 Å². The van der Waals surface area contributed by atoms with Gasteiger partial charge in [0, 0.05) is 50.5 Å². The Morgan fingerprint density at radius 3 is 2.28 bits per heavy atom. The second kappa shape index (κ2) is 13.1. The Balaban J connectivity index is 1.53. The fourth-order valence-corrected chi connectivity index (χ4v) is 4.47. The Morgan fingerprint density at radius 2 is 1.67 bits per heavy atom. The van der Waals surface area contributed by atoms with Crippen LogP contribution in [-0.4, -0.2) is 62.6 Å². The number of aryl methyl sites for hydroxylation is 1. The highest BCUT2D eigenvalue weighted by Gasteiger charge is 2.23. The molecule has 1 aliphatic rings. The number of rotatable bonds is 9. The summed E-state index contributed by atoms with van der Waals surface area (Å²) < 4.78 is 5.07. The first-order valence-corrected chi connectivity index (χ1v) is 12.6. The highest BCUT2D eigenvalue weighted by Crippen LogP contribution is 2.24. The van der Waals surface area contributed by atoms with Gasteiger partial charge < -0.3 is 19.9 Å². The van der Waals surface area contributed by atoms with Crippen molar-refractivity contribution in [3.8, 4) is 0 Å². The van der Waals surface area contributed by atoms with Crippen LogP contribution < -0.4 is 15.1 Å². The van der Waals surface area contributed by atoms with Crippen LogP contribution >= 0.6 is 0 Å². The van der Waals surface area contributed by atoms with Crippen LogP contribution in [0.4, 0.5) is 21.9 Å². The van der Waals surface area contributed by atoms with Crippen LogP contribution in [0.2, 0.25) is 0 Å². The molecule has 36 heavy (non-hydrogen) atoms. The van der Waals surface area contributed by atoms with Crippen molar-refractivity contribution >= 4 is 35.0 Å². The molecule has 2 aromatic carbocycles. The van der Waals surface area contributed by atoms with Crippen LogP contribution in [0.3, 0.4) is 0 Å². The largest absolute Gasteiger partial charge is 0.466 e. The lowest BCUT2D eigenvalue weighted by Crippen LogP contribution is -2.41. The molecule has 1 saturated heterocycles.